The average molecular weight is 162 g/mol. The molecule has 0 atom stereocenters. The van der Waals surface area contributed by atoms with Crippen LogP contribution in [0.2, 0.25) is 0 Å². The Morgan fingerprint density at radius 3 is 3.00 bits per heavy atom. The van der Waals surface area contributed by atoms with E-state index in [-0.39, 0.29) is 5.41 Å². The van der Waals surface area contributed by atoms with Gasteiger partial charge in [-0.2, -0.15) is 0 Å². The van der Waals surface area contributed by atoms with E-state index in [2.05, 4.69) is 36.0 Å². The van der Waals surface area contributed by atoms with Gasteiger partial charge < -0.3 is 4.98 Å². The Morgan fingerprint density at radius 1 is 1.50 bits per heavy atom. The fourth-order valence-corrected chi connectivity index (χ4v) is 1.60. The van der Waals surface area contributed by atoms with Crippen molar-refractivity contribution in [3.05, 3.63) is 16.5 Å². The van der Waals surface area contributed by atoms with Crippen LogP contribution in [0.1, 0.15) is 26.1 Å². The van der Waals surface area contributed by atoms with Gasteiger partial charge in [-0.15, -0.1) is 0 Å². The van der Waals surface area contributed by atoms with Crippen molar-refractivity contribution < 1.29 is 0 Å². The number of nitrogens with one attached hydrogen (secondary N) is 1. The third-order valence-electron chi connectivity index (χ3n) is 2.24. The van der Waals surface area contributed by atoms with Gasteiger partial charge in [0.25, 0.3) is 0 Å². The van der Waals surface area contributed by atoms with Gasteiger partial charge >= 0.3 is 0 Å². The van der Waals surface area contributed by atoms with Gasteiger partial charge in [-0.3, -0.25) is 0 Å². The number of aromatic nitrogens is 2. The van der Waals surface area contributed by atoms with Crippen LogP contribution in [0.3, 0.4) is 0 Å². The lowest BCUT2D eigenvalue weighted by Gasteiger charge is -2.18. The lowest BCUT2D eigenvalue weighted by atomic mass is 9.87. The van der Waals surface area contributed by atoms with Crippen LogP contribution in [0.4, 0.5) is 0 Å². The SMILES string of the molecule is Cc1nc2c([nH]1)=CC(C)(C)CC=2. The minimum atomic E-state index is 0.284. The first kappa shape index (κ1) is 7.59. The van der Waals surface area contributed by atoms with Crippen molar-refractivity contribution in [2.75, 3.05) is 0 Å². The summed E-state index contributed by atoms with van der Waals surface area (Å²) in [7, 11) is 0. The summed E-state index contributed by atoms with van der Waals surface area (Å²) in [5.74, 6) is 1.00. The monoisotopic (exact) mass is 162 g/mol. The van der Waals surface area contributed by atoms with Crippen LogP contribution in [0.15, 0.2) is 0 Å². The molecule has 0 saturated heterocycles. The van der Waals surface area contributed by atoms with Gasteiger partial charge in [0, 0.05) is 0 Å². The molecule has 0 saturated carbocycles. The molecule has 0 radical (unpaired) electrons. The fourth-order valence-electron chi connectivity index (χ4n) is 1.60. The summed E-state index contributed by atoms with van der Waals surface area (Å²) in [5, 5.41) is 2.30. The highest BCUT2D eigenvalue weighted by atomic mass is 14.9. The number of fused-ring (bicyclic) bond motifs is 1. The van der Waals surface area contributed by atoms with Gasteiger partial charge in [0.05, 0.1) is 10.7 Å². The summed E-state index contributed by atoms with van der Waals surface area (Å²) in [4.78, 5) is 7.63. The predicted molar refractivity (Wildman–Crippen MR) is 49.9 cm³/mol. The number of nitrogens with zero attached hydrogens (tertiary/aromatic N) is 1. The van der Waals surface area contributed by atoms with Gasteiger partial charge in [0.1, 0.15) is 5.82 Å². The van der Waals surface area contributed by atoms with E-state index >= 15 is 0 Å². The fraction of sp³-hybridized carbons (Fsp3) is 0.500. The van der Waals surface area contributed by atoms with Crippen LogP contribution in [-0.4, -0.2) is 9.97 Å². The Labute approximate surface area is 72.0 Å². The number of H-pyrrole nitrogens is 1. The molecule has 0 aliphatic heterocycles. The highest BCUT2D eigenvalue weighted by Gasteiger charge is 2.16. The molecular weight excluding hydrogens is 148 g/mol. The summed E-state index contributed by atoms with van der Waals surface area (Å²) < 4.78 is 0. The van der Waals surface area contributed by atoms with Crippen molar-refractivity contribution in [1.82, 2.24) is 9.97 Å². The Balaban J connectivity index is 2.71. The van der Waals surface area contributed by atoms with Crippen molar-refractivity contribution in [2.24, 2.45) is 5.41 Å². The molecule has 0 unspecified atom stereocenters. The minimum absolute atomic E-state index is 0.284. The zero-order valence-electron chi connectivity index (χ0n) is 7.81. The molecule has 2 heteroatoms. The second kappa shape index (κ2) is 2.22. The van der Waals surface area contributed by atoms with E-state index in [4.69, 9.17) is 0 Å². The molecule has 0 amide bonds. The zero-order valence-corrected chi connectivity index (χ0v) is 7.81. The Kier molecular flexibility index (Phi) is 1.40. The number of aromatic amines is 1. The number of hydrogen-bond donors (Lipinski definition) is 1. The number of imidazole rings is 1. The van der Waals surface area contributed by atoms with Gasteiger partial charge in [0.15, 0.2) is 0 Å². The van der Waals surface area contributed by atoms with E-state index in [0.717, 1.165) is 17.6 Å². The molecule has 12 heavy (non-hydrogen) atoms. The van der Waals surface area contributed by atoms with Crippen LogP contribution >= 0.6 is 0 Å². The van der Waals surface area contributed by atoms with E-state index in [9.17, 15) is 0 Å². The van der Waals surface area contributed by atoms with Crippen molar-refractivity contribution in [1.29, 1.82) is 0 Å². The molecule has 2 rings (SSSR count). The maximum absolute atomic E-state index is 4.37. The van der Waals surface area contributed by atoms with Crippen LogP contribution in [0.5, 0.6) is 0 Å². The van der Waals surface area contributed by atoms with E-state index in [1.54, 1.807) is 0 Å². The lowest BCUT2D eigenvalue weighted by molar-refractivity contribution is 0.533. The number of rotatable bonds is 0. The van der Waals surface area contributed by atoms with Gasteiger partial charge in [0.2, 0.25) is 0 Å². The highest BCUT2D eigenvalue weighted by Crippen LogP contribution is 2.23. The third-order valence-corrected chi connectivity index (χ3v) is 2.24. The van der Waals surface area contributed by atoms with Crippen LogP contribution in [-0.2, 0) is 0 Å². The highest BCUT2D eigenvalue weighted by molar-refractivity contribution is 5.40. The molecule has 0 aromatic carbocycles. The van der Waals surface area contributed by atoms with E-state index in [1.807, 2.05) is 6.92 Å². The summed E-state index contributed by atoms with van der Waals surface area (Å²) in [6.07, 6.45) is 5.56. The predicted octanol–water partition coefficient (Wildman–Crippen LogP) is 0.709. The molecule has 0 bridgehead atoms. The molecule has 0 spiro atoms. The molecule has 2 nitrogen and oxygen atoms in total. The average Bonchev–Trinajstić information content (AvgIpc) is 2.26. The second-order valence-electron chi connectivity index (χ2n) is 4.16. The summed E-state index contributed by atoms with van der Waals surface area (Å²) in [6.45, 7) is 6.47. The maximum atomic E-state index is 4.37. The zero-order chi connectivity index (χ0) is 8.77. The standard InChI is InChI=1S/C10H14N2/c1-7-11-8-4-5-10(2,3)6-9(8)12-7/h4,6H,5H2,1-3H3,(H,11,12). The van der Waals surface area contributed by atoms with E-state index in [0.29, 0.717) is 0 Å². The topological polar surface area (TPSA) is 28.7 Å². The minimum Gasteiger partial charge on any atom is -0.342 e. The van der Waals surface area contributed by atoms with Crippen molar-refractivity contribution in [2.45, 2.75) is 27.2 Å². The summed E-state index contributed by atoms with van der Waals surface area (Å²) in [6, 6.07) is 0. The first-order chi connectivity index (χ1) is 5.57. The molecule has 1 aliphatic carbocycles. The molecule has 1 aliphatic rings. The number of aryl methyl sites for hydroxylation is 1. The lowest BCUT2D eigenvalue weighted by Crippen LogP contribution is -2.31. The smallest absolute Gasteiger partial charge is 0.104 e. The van der Waals surface area contributed by atoms with E-state index in [1.165, 1.54) is 5.35 Å². The molecule has 64 valence electrons. The van der Waals surface area contributed by atoms with Gasteiger partial charge in [-0.05, 0) is 18.8 Å². The maximum Gasteiger partial charge on any atom is 0.104 e. The first-order valence-electron chi connectivity index (χ1n) is 4.33. The molecule has 1 aromatic rings. The van der Waals surface area contributed by atoms with Crippen LogP contribution in [0.25, 0.3) is 12.2 Å². The van der Waals surface area contributed by atoms with Crippen LogP contribution in [0, 0.1) is 12.3 Å². The first-order valence-corrected chi connectivity index (χ1v) is 4.33. The van der Waals surface area contributed by atoms with E-state index < -0.39 is 0 Å². The Hall–Kier alpha value is -1.05. The third kappa shape index (κ3) is 1.17. The normalized spacial score (nSPS) is 19.2. The molecule has 1 N–H and O–H groups in total. The largest absolute Gasteiger partial charge is 0.342 e. The second-order valence-corrected chi connectivity index (χ2v) is 4.16. The quantitative estimate of drug-likeness (QED) is 0.598. The van der Waals surface area contributed by atoms with Crippen molar-refractivity contribution in [3.63, 3.8) is 0 Å². The van der Waals surface area contributed by atoms with Crippen LogP contribution < -0.4 is 10.7 Å². The molecular formula is C10H14N2. The summed E-state index contributed by atoms with van der Waals surface area (Å²) >= 11 is 0. The molecule has 1 aromatic heterocycles. The summed E-state index contributed by atoms with van der Waals surface area (Å²) in [5.41, 5.74) is 0.284. The van der Waals surface area contributed by atoms with Crippen molar-refractivity contribution in [3.8, 4) is 0 Å². The Morgan fingerprint density at radius 2 is 2.25 bits per heavy atom. The number of hydrogen-bond acceptors (Lipinski definition) is 1. The van der Waals surface area contributed by atoms with Crippen molar-refractivity contribution >= 4 is 12.2 Å². The Bertz CT molecular complexity index is 410. The van der Waals surface area contributed by atoms with Gasteiger partial charge in [-0.1, -0.05) is 26.0 Å². The molecule has 1 heterocycles. The van der Waals surface area contributed by atoms with Gasteiger partial charge in [-0.25, -0.2) is 4.98 Å². The molecule has 0 fully saturated rings.